The van der Waals surface area contributed by atoms with Gasteiger partial charge in [-0.3, -0.25) is 19.9 Å². The zero-order valence-electron chi connectivity index (χ0n) is 26.5. The molecule has 4 aromatic rings. The Morgan fingerprint density at radius 3 is 1.07 bits per heavy atom. The van der Waals surface area contributed by atoms with Crippen LogP contribution in [0.2, 0.25) is 42.3 Å². The molecule has 45 heavy (non-hydrogen) atoms. The van der Waals surface area contributed by atoms with Crippen molar-refractivity contribution in [1.29, 1.82) is 0 Å². The molecule has 0 spiro atoms. The molecule has 4 rings (SSSR count). The first kappa shape index (κ1) is 40.0. The molecule has 0 aliphatic heterocycles. The molecule has 4 heterocycles. The molecule has 0 aliphatic rings. The molecular formula is C32H38Cl4N4O2PdSi2. The molecule has 0 aromatic carbocycles. The van der Waals surface area contributed by atoms with Gasteiger partial charge in [-0.15, -0.1) is 0 Å². The molecule has 0 atom stereocenters. The third-order valence-corrected chi connectivity index (χ3v) is 19.3. The average Bonchev–Trinajstić information content (AvgIpc) is 2.99. The average molecular weight is 815 g/mol. The topological polar surface area (TPSA) is 97.7 Å². The Balaban J connectivity index is 0.000000307. The maximum atomic E-state index is 13.5. The Hall–Kier alpha value is -1.22. The first-order valence-electron chi connectivity index (χ1n) is 14.5. The Labute approximate surface area is 302 Å². The van der Waals surface area contributed by atoms with Gasteiger partial charge in [0.15, 0.2) is 0 Å². The quantitative estimate of drug-likeness (QED) is 0.171. The van der Waals surface area contributed by atoms with E-state index >= 15 is 0 Å². The van der Waals surface area contributed by atoms with Gasteiger partial charge >= 0.3 is 20.4 Å². The Morgan fingerprint density at radius 2 is 0.822 bits per heavy atom. The Kier molecular flexibility index (Phi) is 14.9. The maximum absolute atomic E-state index is 13.5. The van der Waals surface area contributed by atoms with Gasteiger partial charge in [-0.1, -0.05) is 136 Å². The zero-order chi connectivity index (χ0) is 33.0. The summed E-state index contributed by atoms with van der Waals surface area (Å²) in [7, 11) is -6.06. The SMILES string of the molecule is CC(C)[Si]([O-])(c1cnc(-c2ccccn2)c(Cl)c1Cl)C(C)C.CC(C)[Si]([O-])(c1cnc(-c2ccccn2)c(Cl)c1Cl)C(C)C.[Pd+2]. The summed E-state index contributed by atoms with van der Waals surface area (Å²) in [5.41, 5.74) is 2.33. The van der Waals surface area contributed by atoms with Gasteiger partial charge in [0.2, 0.25) is 0 Å². The van der Waals surface area contributed by atoms with E-state index in [1.165, 1.54) is 0 Å². The van der Waals surface area contributed by atoms with E-state index in [1.54, 1.807) is 24.8 Å². The second-order valence-corrected chi connectivity index (χ2v) is 22.3. The molecular weight excluding hydrogens is 777 g/mol. The van der Waals surface area contributed by atoms with E-state index in [4.69, 9.17) is 46.4 Å². The van der Waals surface area contributed by atoms with Gasteiger partial charge in [-0.2, -0.15) is 0 Å². The number of halogens is 4. The molecule has 0 aliphatic carbocycles. The van der Waals surface area contributed by atoms with Crippen LogP contribution >= 0.6 is 46.4 Å². The molecule has 0 saturated carbocycles. The Bertz CT molecular complexity index is 1430. The van der Waals surface area contributed by atoms with Crippen molar-refractivity contribution in [2.45, 2.75) is 77.6 Å². The minimum atomic E-state index is -3.03. The van der Waals surface area contributed by atoms with E-state index in [1.807, 2.05) is 91.8 Å². The number of rotatable bonds is 8. The van der Waals surface area contributed by atoms with Crippen molar-refractivity contribution in [3.8, 4) is 22.8 Å². The van der Waals surface area contributed by atoms with Gasteiger partial charge in [0.25, 0.3) is 0 Å². The normalized spacial score (nSPS) is 12.0. The van der Waals surface area contributed by atoms with Crippen LogP contribution in [0.1, 0.15) is 55.4 Å². The van der Waals surface area contributed by atoms with Gasteiger partial charge in [-0.05, 0) is 51.3 Å². The van der Waals surface area contributed by atoms with Crippen molar-refractivity contribution in [2.75, 3.05) is 0 Å². The van der Waals surface area contributed by atoms with E-state index in [0.29, 0.717) is 53.2 Å². The molecule has 0 fully saturated rings. The smallest absolute Gasteiger partial charge is 0.855 e. The molecule has 0 N–H and O–H groups in total. The number of pyridine rings is 4. The van der Waals surface area contributed by atoms with E-state index in [0.717, 1.165) is 0 Å². The van der Waals surface area contributed by atoms with Crippen LogP contribution in [0.4, 0.5) is 0 Å². The molecule has 244 valence electrons. The minimum absolute atomic E-state index is 0. The number of aromatic nitrogens is 4. The van der Waals surface area contributed by atoms with Crippen LogP contribution in [0.15, 0.2) is 61.2 Å². The molecule has 13 heteroatoms. The number of hydrogen-bond donors (Lipinski definition) is 0. The summed E-state index contributed by atoms with van der Waals surface area (Å²) in [5.74, 6) is 0. The van der Waals surface area contributed by atoms with E-state index < -0.39 is 16.6 Å². The molecule has 4 aromatic heterocycles. The van der Waals surface area contributed by atoms with Gasteiger partial charge in [0.1, 0.15) is 11.4 Å². The predicted octanol–water partition coefficient (Wildman–Crippen LogP) is 7.56. The van der Waals surface area contributed by atoms with Crippen LogP contribution in [-0.4, -0.2) is 36.6 Å². The van der Waals surface area contributed by atoms with Crippen LogP contribution in [-0.2, 0) is 20.4 Å². The van der Waals surface area contributed by atoms with E-state index in [9.17, 15) is 9.59 Å². The van der Waals surface area contributed by atoms with Crippen molar-refractivity contribution in [3.63, 3.8) is 0 Å². The summed E-state index contributed by atoms with van der Waals surface area (Å²) in [5, 5.41) is 2.47. The monoisotopic (exact) mass is 812 g/mol. The van der Waals surface area contributed by atoms with E-state index in [2.05, 4.69) is 19.9 Å². The molecule has 0 amide bonds. The first-order chi connectivity index (χ1) is 20.6. The largest absolute Gasteiger partial charge is 2.00 e. The standard InChI is InChI=1S/2C16H19Cl2N2OSi.Pd/c2*1-10(2)22(21,11(3)4)13-9-20-16(15(18)14(13)17)12-7-5-6-8-19-12;/h2*5-11H,1-4H3;/q2*-1;+2. The van der Waals surface area contributed by atoms with Gasteiger partial charge in [-0.25, -0.2) is 0 Å². The third-order valence-electron chi connectivity index (χ3n) is 8.01. The fourth-order valence-corrected chi connectivity index (χ4v) is 13.9. The molecule has 6 nitrogen and oxygen atoms in total. The summed E-state index contributed by atoms with van der Waals surface area (Å²) in [4.78, 5) is 44.2. The summed E-state index contributed by atoms with van der Waals surface area (Å²) >= 11 is 25.7. The van der Waals surface area contributed by atoms with Gasteiger partial charge in [0, 0.05) is 24.8 Å². The zero-order valence-corrected chi connectivity index (χ0v) is 33.1. The number of nitrogens with zero attached hydrogens (tertiary/aromatic N) is 4. The van der Waals surface area contributed by atoms with Crippen molar-refractivity contribution >= 4 is 73.4 Å². The van der Waals surface area contributed by atoms with Crippen LogP contribution in [0.25, 0.3) is 22.8 Å². The number of hydrogen-bond acceptors (Lipinski definition) is 6. The molecule has 0 saturated heterocycles. The van der Waals surface area contributed by atoms with Crippen LogP contribution < -0.4 is 20.0 Å². The van der Waals surface area contributed by atoms with Crippen molar-refractivity contribution < 1.29 is 30.0 Å². The van der Waals surface area contributed by atoms with Gasteiger partial charge in [0.05, 0.1) is 31.5 Å². The second kappa shape index (κ2) is 16.7. The van der Waals surface area contributed by atoms with E-state index in [-0.39, 0.29) is 42.6 Å². The van der Waals surface area contributed by atoms with Crippen molar-refractivity contribution in [1.82, 2.24) is 19.9 Å². The van der Waals surface area contributed by atoms with Crippen LogP contribution in [0.5, 0.6) is 0 Å². The summed E-state index contributed by atoms with van der Waals surface area (Å²) in [6.45, 7) is 15.6. The first-order valence-corrected chi connectivity index (χ1v) is 20.2. The molecule has 0 bridgehead atoms. The fourth-order valence-electron chi connectivity index (χ4n) is 5.41. The Morgan fingerprint density at radius 1 is 0.511 bits per heavy atom. The molecule has 0 unspecified atom stereocenters. The summed E-state index contributed by atoms with van der Waals surface area (Å²) in [6.07, 6.45) is 6.56. The fraction of sp³-hybridized carbons (Fsp3) is 0.375. The summed E-state index contributed by atoms with van der Waals surface area (Å²) < 4.78 is 0. The van der Waals surface area contributed by atoms with Crippen LogP contribution in [0.3, 0.4) is 0 Å². The van der Waals surface area contributed by atoms with Crippen molar-refractivity contribution in [3.05, 3.63) is 81.3 Å². The second-order valence-electron chi connectivity index (χ2n) is 11.9. The summed E-state index contributed by atoms with van der Waals surface area (Å²) in [6, 6.07) is 11.0. The van der Waals surface area contributed by atoms with Crippen molar-refractivity contribution in [2.24, 2.45) is 0 Å². The van der Waals surface area contributed by atoms with Crippen LogP contribution in [0, 0.1) is 0 Å². The molecule has 0 radical (unpaired) electrons. The third kappa shape index (κ3) is 8.26. The minimum Gasteiger partial charge on any atom is -0.855 e. The maximum Gasteiger partial charge on any atom is 2.00 e. The predicted molar refractivity (Wildman–Crippen MR) is 186 cm³/mol. The van der Waals surface area contributed by atoms with Gasteiger partial charge < -0.3 is 9.59 Å².